The number of rotatable bonds is 7. The molecule has 1 aromatic heterocycles. The lowest BCUT2D eigenvalue weighted by molar-refractivity contribution is -0.274. The van der Waals surface area contributed by atoms with Gasteiger partial charge in [-0.05, 0) is 65.4 Å². The number of carbonyl (C=O) groups is 2. The van der Waals surface area contributed by atoms with E-state index in [-0.39, 0.29) is 11.7 Å². The van der Waals surface area contributed by atoms with E-state index in [2.05, 4.69) is 10.1 Å². The smallest absolute Gasteiger partial charge is 0.463 e. The fourth-order valence-electron chi connectivity index (χ4n) is 2.68. The number of halogens is 3. The van der Waals surface area contributed by atoms with Gasteiger partial charge in [0.15, 0.2) is 0 Å². The molecule has 0 aliphatic rings. The normalized spacial score (nSPS) is 11.4. The van der Waals surface area contributed by atoms with Gasteiger partial charge in [0, 0.05) is 11.8 Å². The van der Waals surface area contributed by atoms with Gasteiger partial charge >= 0.3 is 12.3 Å². The van der Waals surface area contributed by atoms with Crippen LogP contribution in [0, 0.1) is 0 Å². The van der Waals surface area contributed by atoms with Gasteiger partial charge < -0.3 is 14.8 Å². The van der Waals surface area contributed by atoms with Crippen LogP contribution in [-0.2, 0) is 9.53 Å². The van der Waals surface area contributed by atoms with E-state index in [1.807, 2.05) is 0 Å². The summed E-state index contributed by atoms with van der Waals surface area (Å²) in [7, 11) is 0. The first-order chi connectivity index (χ1) is 15.2. The summed E-state index contributed by atoms with van der Waals surface area (Å²) in [6.45, 7) is 2.03. The van der Waals surface area contributed by atoms with E-state index >= 15 is 0 Å². The topological polar surface area (TPSA) is 64.6 Å². The number of amides is 1. The summed E-state index contributed by atoms with van der Waals surface area (Å²) < 4.78 is 45.5. The van der Waals surface area contributed by atoms with E-state index < -0.39 is 12.3 Å². The molecule has 1 heterocycles. The molecule has 3 rings (SSSR count). The fourth-order valence-corrected chi connectivity index (χ4v) is 3.49. The van der Waals surface area contributed by atoms with Crippen molar-refractivity contribution in [3.05, 3.63) is 76.5 Å². The van der Waals surface area contributed by atoms with Crippen molar-refractivity contribution < 1.29 is 32.2 Å². The maximum Gasteiger partial charge on any atom is 0.573 e. The molecule has 0 aliphatic heterocycles. The highest BCUT2D eigenvalue weighted by Crippen LogP contribution is 2.29. The Morgan fingerprint density at radius 2 is 1.72 bits per heavy atom. The molecule has 0 spiro atoms. The van der Waals surface area contributed by atoms with Gasteiger partial charge in [-0.25, -0.2) is 4.79 Å². The van der Waals surface area contributed by atoms with Crippen molar-refractivity contribution in [3.8, 4) is 16.9 Å². The molecule has 0 radical (unpaired) electrons. The van der Waals surface area contributed by atoms with Gasteiger partial charge in [0.2, 0.25) is 0 Å². The van der Waals surface area contributed by atoms with Crippen molar-refractivity contribution in [2.24, 2.45) is 0 Å². The van der Waals surface area contributed by atoms with Gasteiger partial charge in [-0.2, -0.15) is 0 Å². The van der Waals surface area contributed by atoms with Crippen LogP contribution in [0.15, 0.2) is 66.1 Å². The Balaban J connectivity index is 1.61. The van der Waals surface area contributed by atoms with Crippen LogP contribution in [-0.4, -0.2) is 24.8 Å². The number of thiophene rings is 1. The zero-order valence-corrected chi connectivity index (χ0v) is 17.6. The van der Waals surface area contributed by atoms with Crippen molar-refractivity contribution >= 4 is 35.0 Å². The summed E-state index contributed by atoms with van der Waals surface area (Å²) in [6.07, 6.45) is -1.81. The van der Waals surface area contributed by atoms with Gasteiger partial charge in [0.05, 0.1) is 11.5 Å². The molecule has 2 aromatic carbocycles. The molecule has 0 atom stereocenters. The minimum atomic E-state index is -4.75. The van der Waals surface area contributed by atoms with E-state index in [9.17, 15) is 22.8 Å². The monoisotopic (exact) mass is 461 g/mol. The zero-order chi connectivity index (χ0) is 23.1. The van der Waals surface area contributed by atoms with Crippen molar-refractivity contribution in [2.45, 2.75) is 13.3 Å². The second-order valence-electron chi connectivity index (χ2n) is 6.43. The molecule has 166 valence electrons. The number of nitrogens with one attached hydrogen (secondary N) is 1. The number of carbonyl (C=O) groups excluding carboxylic acids is 2. The summed E-state index contributed by atoms with van der Waals surface area (Å²) >= 11 is 1.22. The third-order valence-electron chi connectivity index (χ3n) is 4.11. The first-order valence-electron chi connectivity index (χ1n) is 9.44. The van der Waals surface area contributed by atoms with Crippen LogP contribution in [0.25, 0.3) is 17.2 Å². The first kappa shape index (κ1) is 23.1. The second-order valence-corrected chi connectivity index (χ2v) is 7.34. The number of anilines is 1. The summed E-state index contributed by atoms with van der Waals surface area (Å²) in [6, 6.07) is 14.0. The molecule has 0 unspecified atom stereocenters. The third kappa shape index (κ3) is 6.71. The summed E-state index contributed by atoms with van der Waals surface area (Å²) in [5, 5.41) is 4.53. The lowest BCUT2D eigenvalue weighted by Gasteiger charge is -2.08. The molecule has 3 aromatic rings. The molecule has 0 fully saturated rings. The molecular formula is C23H18F3NO4S. The summed E-state index contributed by atoms with van der Waals surface area (Å²) in [5.41, 5.74) is 2.71. The maximum atomic E-state index is 12.5. The zero-order valence-electron chi connectivity index (χ0n) is 16.8. The molecular weight excluding hydrogens is 443 g/mol. The Bertz CT molecular complexity index is 1100. The number of esters is 1. The van der Waals surface area contributed by atoms with Gasteiger partial charge in [0.1, 0.15) is 5.75 Å². The molecule has 9 heteroatoms. The Morgan fingerprint density at radius 1 is 1.03 bits per heavy atom. The summed E-state index contributed by atoms with van der Waals surface area (Å²) in [4.78, 5) is 24.3. The largest absolute Gasteiger partial charge is 0.573 e. The fraction of sp³-hybridized carbons (Fsp3) is 0.130. The van der Waals surface area contributed by atoms with Gasteiger partial charge in [-0.3, -0.25) is 4.79 Å². The van der Waals surface area contributed by atoms with Gasteiger partial charge in [-0.15, -0.1) is 24.5 Å². The SMILES string of the molecule is CCOC(=O)C=Cc1ccc(NC(=O)c2cc(-c3ccc(OC(F)(F)F)cc3)cs2)cc1. The summed E-state index contributed by atoms with van der Waals surface area (Å²) in [5.74, 6) is -1.05. The minimum Gasteiger partial charge on any atom is -0.463 e. The van der Waals surface area contributed by atoms with Crippen molar-refractivity contribution in [1.82, 2.24) is 0 Å². The predicted octanol–water partition coefficient (Wildman–Crippen LogP) is 6.14. The average Bonchev–Trinajstić information content (AvgIpc) is 3.23. The Morgan fingerprint density at radius 3 is 2.34 bits per heavy atom. The number of benzene rings is 2. The van der Waals surface area contributed by atoms with Crippen LogP contribution in [0.4, 0.5) is 18.9 Å². The highest BCUT2D eigenvalue weighted by atomic mass is 32.1. The van der Waals surface area contributed by atoms with E-state index in [1.54, 1.807) is 48.7 Å². The first-order valence-corrected chi connectivity index (χ1v) is 10.3. The van der Waals surface area contributed by atoms with Crippen LogP contribution >= 0.6 is 11.3 Å². The molecule has 32 heavy (non-hydrogen) atoms. The van der Waals surface area contributed by atoms with Crippen molar-refractivity contribution in [3.63, 3.8) is 0 Å². The average molecular weight is 461 g/mol. The van der Waals surface area contributed by atoms with Crippen LogP contribution in [0.3, 0.4) is 0 Å². The molecule has 0 saturated carbocycles. The maximum absolute atomic E-state index is 12.5. The van der Waals surface area contributed by atoms with Crippen LogP contribution in [0.2, 0.25) is 0 Å². The Labute approximate surface area is 186 Å². The Hall–Kier alpha value is -3.59. The third-order valence-corrected chi connectivity index (χ3v) is 5.04. The van der Waals surface area contributed by atoms with Gasteiger partial charge in [0.25, 0.3) is 5.91 Å². The van der Waals surface area contributed by atoms with E-state index in [1.165, 1.54) is 41.7 Å². The van der Waals surface area contributed by atoms with Crippen molar-refractivity contribution in [1.29, 1.82) is 0 Å². The molecule has 0 saturated heterocycles. The molecule has 0 aliphatic carbocycles. The van der Waals surface area contributed by atoms with Crippen LogP contribution in [0.1, 0.15) is 22.2 Å². The number of hydrogen-bond acceptors (Lipinski definition) is 5. The molecule has 5 nitrogen and oxygen atoms in total. The standard InChI is InChI=1S/C23H18F3NO4S/c1-2-30-21(28)12-5-15-3-8-18(9-4-15)27-22(29)20-13-17(14-32-20)16-6-10-19(11-7-16)31-23(24,25)26/h3-14H,2H2,1H3,(H,27,29). The lowest BCUT2D eigenvalue weighted by atomic mass is 10.1. The second kappa shape index (κ2) is 10.1. The quantitative estimate of drug-likeness (QED) is 0.339. The highest BCUT2D eigenvalue weighted by Gasteiger charge is 2.31. The van der Waals surface area contributed by atoms with Gasteiger partial charge in [-0.1, -0.05) is 24.3 Å². The number of alkyl halides is 3. The minimum absolute atomic E-state index is 0.302. The number of ether oxygens (including phenoxy) is 2. The molecule has 1 amide bonds. The van der Waals surface area contributed by atoms with Crippen molar-refractivity contribution in [2.75, 3.05) is 11.9 Å². The van der Waals surface area contributed by atoms with Crippen LogP contribution in [0.5, 0.6) is 5.75 Å². The highest BCUT2D eigenvalue weighted by molar-refractivity contribution is 7.12. The van der Waals surface area contributed by atoms with E-state index in [0.717, 1.165) is 5.56 Å². The van der Waals surface area contributed by atoms with Crippen LogP contribution < -0.4 is 10.1 Å². The van der Waals surface area contributed by atoms with E-state index in [4.69, 9.17) is 4.74 Å². The number of hydrogen-bond donors (Lipinski definition) is 1. The lowest BCUT2D eigenvalue weighted by Crippen LogP contribution is -2.16. The Kier molecular flexibility index (Phi) is 7.32. The predicted molar refractivity (Wildman–Crippen MR) is 117 cm³/mol. The molecule has 0 bridgehead atoms. The molecule has 1 N–H and O–H groups in total. The van der Waals surface area contributed by atoms with E-state index in [0.29, 0.717) is 28.3 Å².